The zero-order chi connectivity index (χ0) is 8.39. The molecule has 2 heterocycles. The molecule has 1 aliphatic rings. The van der Waals surface area contributed by atoms with E-state index >= 15 is 0 Å². The molecule has 3 nitrogen and oxygen atoms in total. The maximum Gasteiger partial charge on any atom is 0.232 e. The molecule has 0 aliphatic carbocycles. The van der Waals surface area contributed by atoms with Crippen LogP contribution in [0.25, 0.3) is 0 Å². The van der Waals surface area contributed by atoms with Crippen LogP contribution in [0, 0.1) is 0 Å². The minimum atomic E-state index is 0. The van der Waals surface area contributed by atoms with Crippen LogP contribution >= 0.6 is 24.0 Å². The van der Waals surface area contributed by atoms with Gasteiger partial charge in [-0.05, 0) is 12.1 Å². The van der Waals surface area contributed by atoms with Crippen LogP contribution in [-0.2, 0) is 0 Å². The fraction of sp³-hybridized carbons (Fsp3) is 0.375. The lowest BCUT2D eigenvalue weighted by Gasteiger charge is -2.27. The molecule has 0 radical (unpaired) electrons. The number of hydrogen-bond donors (Lipinski definition) is 1. The van der Waals surface area contributed by atoms with Gasteiger partial charge in [-0.2, -0.15) is 0 Å². The molecule has 1 N–H and O–H groups in total. The third-order valence-corrected chi connectivity index (χ3v) is 2.03. The number of nitrogens with one attached hydrogen (secondary N) is 1. The molecule has 0 atom stereocenters. The first-order valence-corrected chi connectivity index (χ1v) is 4.22. The van der Waals surface area contributed by atoms with Gasteiger partial charge in [0, 0.05) is 19.3 Å². The number of aromatic nitrogens is 1. The Morgan fingerprint density at radius 1 is 1.54 bits per heavy atom. The molecule has 0 bridgehead atoms. The molecule has 13 heavy (non-hydrogen) atoms. The van der Waals surface area contributed by atoms with E-state index in [0.29, 0.717) is 10.9 Å². The highest BCUT2D eigenvalue weighted by atomic mass is 35.5. The highest BCUT2D eigenvalue weighted by Crippen LogP contribution is 2.21. The van der Waals surface area contributed by atoms with Crippen molar-refractivity contribution in [2.24, 2.45) is 0 Å². The summed E-state index contributed by atoms with van der Waals surface area (Å²) in [5, 5.41) is 3.68. The first kappa shape index (κ1) is 10.6. The molecule has 5 heteroatoms. The Labute approximate surface area is 87.9 Å². The van der Waals surface area contributed by atoms with E-state index in [1.165, 1.54) is 0 Å². The molecule has 1 aromatic rings. The molecule has 0 saturated carbocycles. The average molecular weight is 221 g/mol. The molecular formula is C8H10Cl2N2O. The predicted molar refractivity (Wildman–Crippen MR) is 53.8 cm³/mol. The predicted octanol–water partition coefficient (Wildman–Crippen LogP) is 1.51. The fourth-order valence-corrected chi connectivity index (χ4v) is 1.13. The van der Waals surface area contributed by atoms with Crippen LogP contribution in [0.15, 0.2) is 18.3 Å². The highest BCUT2D eigenvalue weighted by molar-refractivity contribution is 6.31. The van der Waals surface area contributed by atoms with Gasteiger partial charge in [-0.25, -0.2) is 4.98 Å². The molecule has 2 rings (SSSR count). The van der Waals surface area contributed by atoms with E-state index in [-0.39, 0.29) is 18.5 Å². The Hall–Kier alpha value is -0.510. The average Bonchev–Trinajstić information content (AvgIpc) is 2.00. The molecule has 0 unspecified atom stereocenters. The second-order valence-corrected chi connectivity index (χ2v) is 3.10. The van der Waals surface area contributed by atoms with Crippen molar-refractivity contribution in [2.45, 2.75) is 6.10 Å². The van der Waals surface area contributed by atoms with Gasteiger partial charge in [-0.1, -0.05) is 11.6 Å². The van der Waals surface area contributed by atoms with Crippen molar-refractivity contribution in [1.29, 1.82) is 0 Å². The van der Waals surface area contributed by atoms with Crippen molar-refractivity contribution >= 4 is 24.0 Å². The minimum absolute atomic E-state index is 0. The zero-order valence-electron chi connectivity index (χ0n) is 6.87. The van der Waals surface area contributed by atoms with E-state index in [4.69, 9.17) is 16.3 Å². The van der Waals surface area contributed by atoms with Crippen LogP contribution in [0.4, 0.5) is 0 Å². The van der Waals surface area contributed by atoms with Gasteiger partial charge in [0.2, 0.25) is 5.88 Å². The van der Waals surface area contributed by atoms with Crippen molar-refractivity contribution in [2.75, 3.05) is 13.1 Å². The second-order valence-electron chi connectivity index (χ2n) is 2.69. The maximum atomic E-state index is 5.84. The molecule has 72 valence electrons. The van der Waals surface area contributed by atoms with Crippen LogP contribution in [0.1, 0.15) is 0 Å². The third-order valence-electron chi connectivity index (χ3n) is 1.75. The highest BCUT2D eigenvalue weighted by Gasteiger charge is 2.19. The maximum absolute atomic E-state index is 5.84. The van der Waals surface area contributed by atoms with E-state index in [2.05, 4.69) is 10.3 Å². The normalized spacial score (nSPS) is 15.8. The van der Waals surface area contributed by atoms with Crippen LogP contribution in [-0.4, -0.2) is 24.2 Å². The quantitative estimate of drug-likeness (QED) is 0.821. The van der Waals surface area contributed by atoms with Gasteiger partial charge in [-0.15, -0.1) is 12.4 Å². The Kier molecular flexibility index (Phi) is 3.78. The first-order valence-electron chi connectivity index (χ1n) is 3.84. The summed E-state index contributed by atoms with van der Waals surface area (Å²) < 4.78 is 5.48. The van der Waals surface area contributed by atoms with Crippen molar-refractivity contribution < 1.29 is 4.74 Å². The Morgan fingerprint density at radius 2 is 2.31 bits per heavy atom. The molecule has 1 aromatic heterocycles. The Balaban J connectivity index is 0.000000845. The molecule has 1 aliphatic heterocycles. The van der Waals surface area contributed by atoms with Crippen molar-refractivity contribution in [1.82, 2.24) is 10.3 Å². The van der Waals surface area contributed by atoms with Gasteiger partial charge >= 0.3 is 0 Å². The lowest BCUT2D eigenvalue weighted by molar-refractivity contribution is 0.136. The number of hydrogen-bond acceptors (Lipinski definition) is 3. The largest absolute Gasteiger partial charge is 0.471 e. The van der Waals surface area contributed by atoms with Crippen molar-refractivity contribution in [3.8, 4) is 5.88 Å². The van der Waals surface area contributed by atoms with Crippen LogP contribution in [0.2, 0.25) is 5.02 Å². The first-order chi connectivity index (χ1) is 5.86. The summed E-state index contributed by atoms with van der Waals surface area (Å²) in [4.78, 5) is 4.02. The number of nitrogens with zero attached hydrogens (tertiary/aromatic N) is 1. The molecule has 1 saturated heterocycles. The van der Waals surface area contributed by atoms with E-state index in [9.17, 15) is 0 Å². The second kappa shape index (κ2) is 4.65. The van der Waals surface area contributed by atoms with Gasteiger partial charge in [0.15, 0.2) is 0 Å². The number of ether oxygens (including phenoxy) is 1. The van der Waals surface area contributed by atoms with Gasteiger partial charge in [-0.3, -0.25) is 0 Å². The summed E-state index contributed by atoms with van der Waals surface area (Å²) in [7, 11) is 0. The summed E-state index contributed by atoms with van der Waals surface area (Å²) in [5.74, 6) is 0.533. The van der Waals surface area contributed by atoms with Gasteiger partial charge in [0.1, 0.15) is 11.1 Å². The monoisotopic (exact) mass is 220 g/mol. The van der Waals surface area contributed by atoms with Gasteiger partial charge < -0.3 is 10.1 Å². The van der Waals surface area contributed by atoms with E-state index < -0.39 is 0 Å². The van der Waals surface area contributed by atoms with E-state index in [1.54, 1.807) is 18.3 Å². The summed E-state index contributed by atoms with van der Waals surface area (Å²) >= 11 is 5.84. The molecule has 0 aromatic carbocycles. The van der Waals surface area contributed by atoms with Crippen LogP contribution in [0.3, 0.4) is 0 Å². The molecule has 1 fully saturated rings. The molecular weight excluding hydrogens is 211 g/mol. The SMILES string of the molecule is Cl.Clc1cccnc1OC1CNC1. The Morgan fingerprint density at radius 3 is 2.85 bits per heavy atom. The zero-order valence-corrected chi connectivity index (χ0v) is 8.44. The molecule has 0 spiro atoms. The fourth-order valence-electron chi connectivity index (χ4n) is 0.961. The smallest absolute Gasteiger partial charge is 0.232 e. The van der Waals surface area contributed by atoms with E-state index in [1.807, 2.05) is 0 Å². The topological polar surface area (TPSA) is 34.1 Å². The lowest BCUT2D eigenvalue weighted by Crippen LogP contribution is -2.50. The number of pyridine rings is 1. The van der Waals surface area contributed by atoms with Crippen LogP contribution in [0.5, 0.6) is 5.88 Å². The van der Waals surface area contributed by atoms with Crippen LogP contribution < -0.4 is 10.1 Å². The van der Waals surface area contributed by atoms with Crippen molar-refractivity contribution in [3.63, 3.8) is 0 Å². The summed E-state index contributed by atoms with van der Waals surface area (Å²) in [6.45, 7) is 1.76. The number of rotatable bonds is 2. The lowest BCUT2D eigenvalue weighted by atomic mass is 10.2. The third kappa shape index (κ3) is 2.46. The van der Waals surface area contributed by atoms with Gasteiger partial charge in [0.25, 0.3) is 0 Å². The summed E-state index contributed by atoms with van der Waals surface area (Å²) in [5.41, 5.74) is 0. The summed E-state index contributed by atoms with van der Waals surface area (Å²) in [6, 6.07) is 3.56. The standard InChI is InChI=1S/C8H9ClN2O.ClH/c9-7-2-1-3-11-8(7)12-6-4-10-5-6;/h1-3,6,10H,4-5H2;1H. The number of halogens is 2. The minimum Gasteiger partial charge on any atom is -0.471 e. The van der Waals surface area contributed by atoms with Gasteiger partial charge in [0.05, 0.1) is 0 Å². The van der Waals surface area contributed by atoms with E-state index in [0.717, 1.165) is 13.1 Å². The summed E-state index contributed by atoms with van der Waals surface area (Å²) in [6.07, 6.45) is 1.91. The molecule has 0 amide bonds. The Bertz CT molecular complexity index is 279. The van der Waals surface area contributed by atoms with Crippen molar-refractivity contribution in [3.05, 3.63) is 23.4 Å².